The number of phosphoric acid groups is 1. The summed E-state index contributed by atoms with van der Waals surface area (Å²) in [5.74, 6) is -0.881. The Bertz CT molecular complexity index is 981. The highest BCUT2D eigenvalue weighted by Crippen LogP contribution is 2.43. The van der Waals surface area contributed by atoms with Gasteiger partial charge in [-0.15, -0.1) is 0 Å². The van der Waals surface area contributed by atoms with Gasteiger partial charge in [-0.05, 0) is 77.0 Å². The maximum atomic E-state index is 12.5. The number of nitrogens with two attached hydrogens (primary N) is 1. The Balaban J connectivity index is 4.28. The molecule has 0 aliphatic rings. The minimum atomic E-state index is -4.38. The van der Waals surface area contributed by atoms with Crippen molar-refractivity contribution in [3.63, 3.8) is 0 Å². The molecule has 296 valence electrons. The van der Waals surface area contributed by atoms with Crippen LogP contribution in [0.2, 0.25) is 0 Å². The summed E-state index contributed by atoms with van der Waals surface area (Å²) in [5, 5.41) is 0. The monoisotopic (exact) mass is 740 g/mol. The zero-order valence-electron chi connectivity index (χ0n) is 32.3. The van der Waals surface area contributed by atoms with Crippen LogP contribution in [-0.2, 0) is 32.7 Å². The van der Waals surface area contributed by atoms with Gasteiger partial charge in [-0.2, -0.15) is 0 Å². The predicted octanol–water partition coefficient (Wildman–Crippen LogP) is 11.2. The summed E-state index contributed by atoms with van der Waals surface area (Å²) in [6, 6.07) is 0. The number of unbranched alkanes of at least 4 members (excludes halogenated alkanes) is 16. The predicted molar refractivity (Wildman–Crippen MR) is 210 cm³/mol. The van der Waals surface area contributed by atoms with Crippen LogP contribution < -0.4 is 5.73 Å². The molecule has 0 amide bonds. The third-order valence-electron chi connectivity index (χ3n) is 8.19. The number of rotatable bonds is 37. The van der Waals surface area contributed by atoms with Crippen LogP contribution in [0.15, 0.2) is 48.6 Å². The Morgan fingerprint density at radius 2 is 1.02 bits per heavy atom. The van der Waals surface area contributed by atoms with Crippen LogP contribution in [0, 0.1) is 0 Å². The molecule has 0 fully saturated rings. The molecule has 0 saturated heterocycles. The molecule has 10 heteroatoms. The maximum absolute atomic E-state index is 12.5. The molecule has 0 spiro atoms. The van der Waals surface area contributed by atoms with Crippen molar-refractivity contribution in [2.45, 2.75) is 174 Å². The van der Waals surface area contributed by atoms with Crippen LogP contribution in [0.3, 0.4) is 0 Å². The molecular formula is C41H74NO8P. The van der Waals surface area contributed by atoms with Gasteiger partial charge in [-0.25, -0.2) is 4.57 Å². The largest absolute Gasteiger partial charge is 0.472 e. The second kappa shape index (κ2) is 37.7. The molecule has 0 saturated carbocycles. The number of carbonyl (C=O) groups is 2. The van der Waals surface area contributed by atoms with E-state index in [1.807, 2.05) is 0 Å². The first kappa shape index (κ1) is 49.0. The smallest absolute Gasteiger partial charge is 0.462 e. The van der Waals surface area contributed by atoms with E-state index in [2.05, 4.69) is 62.5 Å². The minimum absolute atomic E-state index is 0.0461. The van der Waals surface area contributed by atoms with Gasteiger partial charge in [0.15, 0.2) is 6.10 Å². The quantitative estimate of drug-likeness (QED) is 0.0276. The molecule has 2 atom stereocenters. The van der Waals surface area contributed by atoms with E-state index in [4.69, 9.17) is 24.3 Å². The Morgan fingerprint density at radius 3 is 1.61 bits per heavy atom. The summed E-state index contributed by atoms with van der Waals surface area (Å²) in [5.41, 5.74) is 5.33. The average molecular weight is 740 g/mol. The van der Waals surface area contributed by atoms with Crippen LogP contribution in [0.4, 0.5) is 0 Å². The first-order valence-corrected chi connectivity index (χ1v) is 21.6. The lowest BCUT2D eigenvalue weighted by Gasteiger charge is -2.19. The van der Waals surface area contributed by atoms with Crippen LogP contribution in [0.25, 0.3) is 0 Å². The van der Waals surface area contributed by atoms with E-state index in [0.29, 0.717) is 12.8 Å². The molecule has 0 aromatic carbocycles. The van der Waals surface area contributed by atoms with Crippen molar-refractivity contribution in [3.8, 4) is 0 Å². The Hall–Kier alpha value is -2.03. The van der Waals surface area contributed by atoms with Crippen molar-refractivity contribution in [1.29, 1.82) is 0 Å². The fourth-order valence-corrected chi connectivity index (χ4v) is 5.93. The van der Waals surface area contributed by atoms with E-state index >= 15 is 0 Å². The molecule has 9 nitrogen and oxygen atoms in total. The lowest BCUT2D eigenvalue weighted by Crippen LogP contribution is -2.29. The molecule has 0 heterocycles. The third-order valence-corrected chi connectivity index (χ3v) is 9.17. The highest BCUT2D eigenvalue weighted by Gasteiger charge is 2.25. The van der Waals surface area contributed by atoms with E-state index in [9.17, 15) is 19.0 Å². The zero-order valence-corrected chi connectivity index (χ0v) is 33.2. The molecule has 2 unspecified atom stereocenters. The lowest BCUT2D eigenvalue weighted by molar-refractivity contribution is -0.161. The molecule has 0 radical (unpaired) electrons. The van der Waals surface area contributed by atoms with Gasteiger partial charge in [0.05, 0.1) is 13.2 Å². The lowest BCUT2D eigenvalue weighted by atomic mass is 10.1. The van der Waals surface area contributed by atoms with Gasteiger partial charge >= 0.3 is 19.8 Å². The SMILES string of the molecule is CCCCCC=CCC=CCC=CCCCCC(=O)OCC(COP(=O)(O)OCCN)OC(=O)CCCCCCCCCC=CCCCCCC. The number of hydrogen-bond donors (Lipinski definition) is 2. The Morgan fingerprint density at radius 1 is 0.588 bits per heavy atom. The minimum Gasteiger partial charge on any atom is -0.462 e. The van der Waals surface area contributed by atoms with E-state index in [1.54, 1.807) is 0 Å². The van der Waals surface area contributed by atoms with Crippen molar-refractivity contribution in [3.05, 3.63) is 48.6 Å². The number of carbonyl (C=O) groups excluding carboxylic acids is 2. The normalized spacial score (nSPS) is 13.9. The Labute approximate surface area is 311 Å². The molecule has 0 aliphatic carbocycles. The van der Waals surface area contributed by atoms with Crippen molar-refractivity contribution in [2.24, 2.45) is 5.73 Å². The maximum Gasteiger partial charge on any atom is 0.472 e. The van der Waals surface area contributed by atoms with Crippen molar-refractivity contribution >= 4 is 19.8 Å². The van der Waals surface area contributed by atoms with Gasteiger partial charge in [-0.1, -0.05) is 127 Å². The second-order valence-electron chi connectivity index (χ2n) is 13.1. The first-order chi connectivity index (χ1) is 24.8. The number of hydrogen-bond acceptors (Lipinski definition) is 8. The van der Waals surface area contributed by atoms with Gasteiger partial charge < -0.3 is 20.1 Å². The van der Waals surface area contributed by atoms with E-state index < -0.39 is 32.5 Å². The van der Waals surface area contributed by atoms with Crippen molar-refractivity contribution in [1.82, 2.24) is 0 Å². The fourth-order valence-electron chi connectivity index (χ4n) is 5.16. The molecule has 0 aromatic heterocycles. The summed E-state index contributed by atoms with van der Waals surface area (Å²) >= 11 is 0. The van der Waals surface area contributed by atoms with Crippen LogP contribution in [-0.4, -0.2) is 49.3 Å². The highest BCUT2D eigenvalue weighted by molar-refractivity contribution is 7.47. The standard InChI is InChI=1S/C41H74NO8P/c1-3-5-7-9-11-13-15-17-19-21-23-25-27-29-31-33-40(43)47-37-39(38-49-51(45,46)48-36-35-42)50-41(44)34-32-30-28-26-24-22-20-18-16-14-12-10-8-6-4-2/h11,13-14,16-17,19,23,25,39H,3-10,12,15,18,20-22,24,26-38,42H2,1-2H3,(H,45,46). The summed E-state index contributed by atoms with van der Waals surface area (Å²) in [4.78, 5) is 34.7. The second-order valence-corrected chi connectivity index (χ2v) is 14.6. The molecule has 0 aliphatic heterocycles. The van der Waals surface area contributed by atoms with E-state index in [0.717, 1.165) is 57.8 Å². The summed E-state index contributed by atoms with van der Waals surface area (Å²) in [7, 11) is -4.38. The number of ether oxygens (including phenoxy) is 2. The van der Waals surface area contributed by atoms with Gasteiger partial charge in [0.1, 0.15) is 6.61 Å². The van der Waals surface area contributed by atoms with Gasteiger partial charge in [-0.3, -0.25) is 18.6 Å². The summed E-state index contributed by atoms with van der Waals surface area (Å²) in [6.07, 6.45) is 41.4. The van der Waals surface area contributed by atoms with Gasteiger partial charge in [0.2, 0.25) is 0 Å². The molecule has 0 bridgehead atoms. The Kier molecular flexibility index (Phi) is 36.2. The van der Waals surface area contributed by atoms with Crippen molar-refractivity contribution in [2.75, 3.05) is 26.4 Å². The fraction of sp³-hybridized carbons (Fsp3) is 0.756. The average Bonchev–Trinajstić information content (AvgIpc) is 3.11. The number of phosphoric ester groups is 1. The zero-order chi connectivity index (χ0) is 37.5. The third kappa shape index (κ3) is 37.5. The molecule has 0 aromatic rings. The van der Waals surface area contributed by atoms with Crippen LogP contribution in [0.5, 0.6) is 0 Å². The number of esters is 2. The molecule has 51 heavy (non-hydrogen) atoms. The van der Waals surface area contributed by atoms with E-state index in [1.165, 1.54) is 70.6 Å². The van der Waals surface area contributed by atoms with Crippen LogP contribution >= 0.6 is 7.82 Å². The van der Waals surface area contributed by atoms with Gasteiger partial charge in [0.25, 0.3) is 0 Å². The molecule has 3 N–H and O–H groups in total. The number of allylic oxidation sites excluding steroid dienone is 8. The summed E-state index contributed by atoms with van der Waals surface area (Å²) < 4.78 is 32.7. The van der Waals surface area contributed by atoms with Crippen molar-refractivity contribution < 1.29 is 37.6 Å². The van der Waals surface area contributed by atoms with Gasteiger partial charge in [0, 0.05) is 19.4 Å². The molecular weight excluding hydrogens is 665 g/mol. The first-order valence-electron chi connectivity index (χ1n) is 20.1. The highest BCUT2D eigenvalue weighted by atomic mass is 31.2. The molecule has 0 rings (SSSR count). The van der Waals surface area contributed by atoms with Crippen LogP contribution in [0.1, 0.15) is 168 Å². The topological polar surface area (TPSA) is 134 Å². The summed E-state index contributed by atoms with van der Waals surface area (Å²) in [6.45, 7) is 3.63. The van der Waals surface area contributed by atoms with E-state index in [-0.39, 0.29) is 32.6 Å².